The van der Waals surface area contributed by atoms with Crippen molar-refractivity contribution in [1.82, 2.24) is 19.7 Å². The molecule has 0 saturated carbocycles. The first-order valence-corrected chi connectivity index (χ1v) is 7.18. The summed E-state index contributed by atoms with van der Waals surface area (Å²) in [6.07, 6.45) is 3.92. The molecular formula is C17H14N4O. The van der Waals surface area contributed by atoms with E-state index < -0.39 is 0 Å². The van der Waals surface area contributed by atoms with Gasteiger partial charge in [-0.1, -0.05) is 42.5 Å². The Bertz CT molecular complexity index is 1020. The van der Waals surface area contributed by atoms with Crippen LogP contribution in [-0.2, 0) is 13.0 Å². The summed E-state index contributed by atoms with van der Waals surface area (Å²) in [7, 11) is 0. The number of hydrogen-bond donors (Lipinski definition) is 1. The van der Waals surface area contributed by atoms with Gasteiger partial charge in [-0.2, -0.15) is 5.10 Å². The number of rotatable bonds is 3. The third kappa shape index (κ3) is 2.16. The molecule has 0 atom stereocenters. The highest BCUT2D eigenvalue weighted by atomic mass is 16.1. The van der Waals surface area contributed by atoms with Crippen LogP contribution < -0.4 is 5.56 Å². The normalized spacial score (nSPS) is 11.3. The van der Waals surface area contributed by atoms with Crippen LogP contribution in [0.25, 0.3) is 21.8 Å². The van der Waals surface area contributed by atoms with E-state index >= 15 is 0 Å². The summed E-state index contributed by atoms with van der Waals surface area (Å²) in [4.78, 5) is 19.2. The highest BCUT2D eigenvalue weighted by Crippen LogP contribution is 2.16. The summed E-state index contributed by atoms with van der Waals surface area (Å²) in [5.74, 6) is 0. The van der Waals surface area contributed by atoms with Gasteiger partial charge in [0, 0.05) is 6.54 Å². The molecule has 0 saturated heterocycles. The van der Waals surface area contributed by atoms with Gasteiger partial charge in [-0.05, 0) is 22.8 Å². The number of fused-ring (bicyclic) bond motifs is 2. The molecule has 0 aliphatic rings. The third-order valence-corrected chi connectivity index (χ3v) is 3.86. The van der Waals surface area contributed by atoms with Crippen molar-refractivity contribution < 1.29 is 0 Å². The standard InChI is InChI=1S/C17H14N4O/c22-17-16-15(18-11-19-16)10-20-21(17)8-7-12-5-6-13-3-1-2-4-14(13)9-12/h1-6,9-11H,7-8H2,(H,18,19). The van der Waals surface area contributed by atoms with E-state index in [-0.39, 0.29) is 5.56 Å². The molecule has 4 rings (SSSR count). The van der Waals surface area contributed by atoms with Crippen LogP contribution in [0.1, 0.15) is 5.56 Å². The number of nitrogens with zero attached hydrogens (tertiary/aromatic N) is 3. The molecule has 22 heavy (non-hydrogen) atoms. The molecule has 0 radical (unpaired) electrons. The van der Waals surface area contributed by atoms with Crippen LogP contribution in [0.5, 0.6) is 0 Å². The smallest absolute Gasteiger partial charge is 0.294 e. The van der Waals surface area contributed by atoms with E-state index in [1.54, 1.807) is 6.20 Å². The number of aromatic nitrogens is 4. The van der Waals surface area contributed by atoms with E-state index in [1.165, 1.54) is 27.3 Å². The molecule has 2 aromatic carbocycles. The molecule has 2 heterocycles. The largest absolute Gasteiger partial charge is 0.343 e. The molecule has 1 N–H and O–H groups in total. The number of hydrogen-bond acceptors (Lipinski definition) is 3. The van der Waals surface area contributed by atoms with Gasteiger partial charge in [0.2, 0.25) is 0 Å². The maximum absolute atomic E-state index is 12.2. The lowest BCUT2D eigenvalue weighted by molar-refractivity contribution is 0.583. The van der Waals surface area contributed by atoms with Crippen molar-refractivity contribution in [3.63, 3.8) is 0 Å². The Morgan fingerprint density at radius 1 is 1.09 bits per heavy atom. The van der Waals surface area contributed by atoms with Crippen LogP contribution in [0.4, 0.5) is 0 Å². The van der Waals surface area contributed by atoms with Crippen LogP contribution >= 0.6 is 0 Å². The van der Waals surface area contributed by atoms with Gasteiger partial charge in [-0.15, -0.1) is 0 Å². The Balaban J connectivity index is 1.62. The predicted octanol–water partition coefficient (Wildman–Crippen LogP) is 2.52. The van der Waals surface area contributed by atoms with Gasteiger partial charge in [0.05, 0.1) is 18.0 Å². The first-order valence-electron chi connectivity index (χ1n) is 7.18. The Hall–Kier alpha value is -2.95. The molecule has 4 aromatic rings. The molecule has 5 heteroatoms. The summed E-state index contributed by atoms with van der Waals surface area (Å²) >= 11 is 0. The molecule has 0 spiro atoms. The Morgan fingerprint density at radius 2 is 1.95 bits per heavy atom. The zero-order valence-electron chi connectivity index (χ0n) is 11.9. The monoisotopic (exact) mass is 290 g/mol. The molecule has 0 unspecified atom stereocenters. The van der Waals surface area contributed by atoms with E-state index in [9.17, 15) is 4.79 Å². The summed E-state index contributed by atoms with van der Waals surface area (Å²) < 4.78 is 1.47. The number of aromatic amines is 1. The molecule has 108 valence electrons. The summed E-state index contributed by atoms with van der Waals surface area (Å²) in [6, 6.07) is 14.6. The number of aryl methyl sites for hydroxylation is 2. The SMILES string of the molecule is O=c1c2nc[nH]c2cnn1CCc1ccc2ccccc2c1. The molecule has 5 nitrogen and oxygen atoms in total. The average molecular weight is 290 g/mol. The van der Waals surface area contributed by atoms with Gasteiger partial charge < -0.3 is 4.98 Å². The molecular weight excluding hydrogens is 276 g/mol. The molecule has 0 aliphatic carbocycles. The van der Waals surface area contributed by atoms with Crippen LogP contribution in [0.3, 0.4) is 0 Å². The van der Waals surface area contributed by atoms with Crippen molar-refractivity contribution >= 4 is 21.8 Å². The van der Waals surface area contributed by atoms with E-state index in [4.69, 9.17) is 0 Å². The van der Waals surface area contributed by atoms with E-state index in [2.05, 4.69) is 45.4 Å². The van der Waals surface area contributed by atoms with Crippen LogP contribution in [0.2, 0.25) is 0 Å². The van der Waals surface area contributed by atoms with Gasteiger partial charge in [0.15, 0.2) is 5.52 Å². The second-order valence-corrected chi connectivity index (χ2v) is 5.27. The highest BCUT2D eigenvalue weighted by Gasteiger charge is 2.06. The van der Waals surface area contributed by atoms with Gasteiger partial charge in [-0.3, -0.25) is 4.79 Å². The number of benzene rings is 2. The van der Waals surface area contributed by atoms with Crippen LogP contribution in [0, 0.1) is 0 Å². The lowest BCUT2D eigenvalue weighted by Crippen LogP contribution is -2.23. The lowest BCUT2D eigenvalue weighted by atomic mass is 10.1. The molecule has 0 fully saturated rings. The summed E-state index contributed by atoms with van der Waals surface area (Å²) in [5.41, 5.74) is 2.15. The maximum Gasteiger partial charge on any atom is 0.294 e. The lowest BCUT2D eigenvalue weighted by Gasteiger charge is -2.06. The Kier molecular flexibility index (Phi) is 2.96. The number of H-pyrrole nitrogens is 1. The van der Waals surface area contributed by atoms with Crippen molar-refractivity contribution in [1.29, 1.82) is 0 Å². The van der Waals surface area contributed by atoms with Gasteiger partial charge in [0.1, 0.15) is 0 Å². The number of imidazole rings is 1. The van der Waals surface area contributed by atoms with Crippen molar-refractivity contribution in [3.05, 3.63) is 70.9 Å². The zero-order chi connectivity index (χ0) is 14.9. The minimum atomic E-state index is -0.153. The Morgan fingerprint density at radius 3 is 2.86 bits per heavy atom. The van der Waals surface area contributed by atoms with Crippen molar-refractivity contribution in [2.24, 2.45) is 0 Å². The van der Waals surface area contributed by atoms with Crippen LogP contribution in [-0.4, -0.2) is 19.7 Å². The minimum absolute atomic E-state index is 0.153. The van der Waals surface area contributed by atoms with Crippen molar-refractivity contribution in [3.8, 4) is 0 Å². The van der Waals surface area contributed by atoms with E-state index in [1.807, 2.05) is 12.1 Å². The van der Waals surface area contributed by atoms with Gasteiger partial charge in [-0.25, -0.2) is 9.67 Å². The van der Waals surface area contributed by atoms with Crippen LogP contribution in [0.15, 0.2) is 59.8 Å². The third-order valence-electron chi connectivity index (χ3n) is 3.86. The fourth-order valence-electron chi connectivity index (χ4n) is 2.66. The first-order chi connectivity index (χ1) is 10.8. The highest BCUT2D eigenvalue weighted by molar-refractivity contribution is 5.83. The summed E-state index contributed by atoms with van der Waals surface area (Å²) in [6.45, 7) is 0.542. The van der Waals surface area contributed by atoms with Crippen molar-refractivity contribution in [2.45, 2.75) is 13.0 Å². The summed E-state index contributed by atoms with van der Waals surface area (Å²) in [5, 5.41) is 6.62. The first kappa shape index (κ1) is 12.8. The van der Waals surface area contributed by atoms with Gasteiger partial charge in [0.25, 0.3) is 5.56 Å². The molecule has 0 bridgehead atoms. The minimum Gasteiger partial charge on any atom is -0.343 e. The van der Waals surface area contributed by atoms with E-state index in [0.29, 0.717) is 17.6 Å². The molecule has 2 aromatic heterocycles. The predicted molar refractivity (Wildman–Crippen MR) is 85.8 cm³/mol. The zero-order valence-corrected chi connectivity index (χ0v) is 11.9. The topological polar surface area (TPSA) is 63.6 Å². The average Bonchev–Trinajstić information content (AvgIpc) is 3.03. The van der Waals surface area contributed by atoms with E-state index in [0.717, 1.165) is 6.42 Å². The molecule has 0 aliphatic heterocycles. The van der Waals surface area contributed by atoms with Crippen molar-refractivity contribution in [2.75, 3.05) is 0 Å². The second-order valence-electron chi connectivity index (χ2n) is 5.27. The van der Waals surface area contributed by atoms with Gasteiger partial charge >= 0.3 is 0 Å². The maximum atomic E-state index is 12.2. The molecule has 0 amide bonds. The number of nitrogens with one attached hydrogen (secondary N) is 1. The fourth-order valence-corrected chi connectivity index (χ4v) is 2.66. The Labute approximate surface area is 126 Å². The second kappa shape index (κ2) is 5.11. The fraction of sp³-hybridized carbons (Fsp3) is 0.118. The quantitative estimate of drug-likeness (QED) is 0.630.